The smallest absolute Gasteiger partial charge is 0.0765 e. The largest absolute Gasteiger partial charge is 0.396 e. The van der Waals surface area contributed by atoms with Crippen molar-refractivity contribution in [3.05, 3.63) is 30.5 Å². The molecule has 1 aromatic carbocycles. The van der Waals surface area contributed by atoms with E-state index < -0.39 is 5.60 Å². The Kier molecular flexibility index (Phi) is 3.13. The van der Waals surface area contributed by atoms with Gasteiger partial charge in [0.1, 0.15) is 0 Å². The van der Waals surface area contributed by atoms with Gasteiger partial charge in [0, 0.05) is 19.0 Å². The molecule has 2 aromatic rings. The summed E-state index contributed by atoms with van der Waals surface area (Å²) in [5.74, 6) is 0. The van der Waals surface area contributed by atoms with E-state index >= 15 is 0 Å². The third kappa shape index (κ3) is 2.54. The molecule has 3 N–H and O–H groups in total. The highest BCUT2D eigenvalue weighted by atomic mass is 16.3. The van der Waals surface area contributed by atoms with Crippen LogP contribution in [0.15, 0.2) is 30.5 Å². The molecule has 0 aliphatic carbocycles. The number of para-hydroxylation sites is 1. The van der Waals surface area contributed by atoms with Crippen molar-refractivity contribution < 1.29 is 5.11 Å². The number of nitrogen functional groups attached to an aromatic ring is 1. The number of likely N-dealkylation sites (N-methyl/N-ethyl adjacent to an activating group) is 1. The van der Waals surface area contributed by atoms with Gasteiger partial charge in [-0.1, -0.05) is 18.2 Å². The van der Waals surface area contributed by atoms with Crippen LogP contribution in [0.5, 0.6) is 0 Å². The minimum Gasteiger partial charge on any atom is -0.396 e. The number of fused-ring (bicyclic) bond motifs is 1. The molecule has 2 rings (SSSR count). The first kappa shape index (κ1) is 12.6. The molecule has 96 valence electrons. The van der Waals surface area contributed by atoms with Crippen LogP contribution in [0.3, 0.4) is 0 Å². The van der Waals surface area contributed by atoms with Gasteiger partial charge in [-0.15, -0.1) is 0 Å². The van der Waals surface area contributed by atoms with E-state index in [-0.39, 0.29) is 0 Å². The Morgan fingerprint density at radius 1 is 1.33 bits per heavy atom. The predicted molar refractivity (Wildman–Crippen MR) is 75.7 cm³/mol. The van der Waals surface area contributed by atoms with Crippen molar-refractivity contribution in [2.75, 3.05) is 24.2 Å². The Morgan fingerprint density at radius 3 is 2.67 bits per heavy atom. The van der Waals surface area contributed by atoms with Crippen molar-refractivity contribution in [2.24, 2.45) is 0 Å². The number of rotatable bonds is 3. The fourth-order valence-electron chi connectivity index (χ4n) is 2.23. The number of pyridine rings is 1. The molecule has 18 heavy (non-hydrogen) atoms. The van der Waals surface area contributed by atoms with Gasteiger partial charge in [-0.3, -0.25) is 4.98 Å². The fraction of sp³-hybridized carbons (Fsp3) is 0.357. The lowest BCUT2D eigenvalue weighted by molar-refractivity contribution is 0.0887. The van der Waals surface area contributed by atoms with E-state index in [2.05, 4.69) is 4.98 Å². The molecule has 0 radical (unpaired) electrons. The number of nitrogens with two attached hydrogens (primary N) is 1. The first-order chi connectivity index (χ1) is 8.38. The average Bonchev–Trinajstić information content (AvgIpc) is 2.26. The van der Waals surface area contributed by atoms with Crippen LogP contribution in [0.1, 0.15) is 13.8 Å². The summed E-state index contributed by atoms with van der Waals surface area (Å²) < 4.78 is 0. The van der Waals surface area contributed by atoms with Crippen LogP contribution in [0.25, 0.3) is 10.9 Å². The van der Waals surface area contributed by atoms with E-state index in [1.54, 1.807) is 20.0 Å². The minimum absolute atomic E-state index is 0.505. The van der Waals surface area contributed by atoms with Gasteiger partial charge >= 0.3 is 0 Å². The average molecular weight is 245 g/mol. The van der Waals surface area contributed by atoms with Gasteiger partial charge in [0.25, 0.3) is 0 Å². The standard InChI is InChI=1S/C14H19N3O/c1-14(2,18)9-17(3)13-10-6-4-5-7-12(10)16-8-11(13)15/h4-8,18H,9,15H2,1-3H3. The van der Waals surface area contributed by atoms with Gasteiger partial charge < -0.3 is 15.7 Å². The third-order valence-corrected chi connectivity index (χ3v) is 2.78. The number of hydrogen-bond acceptors (Lipinski definition) is 4. The molecule has 0 aliphatic heterocycles. The molecular weight excluding hydrogens is 226 g/mol. The summed E-state index contributed by atoms with van der Waals surface area (Å²) in [5, 5.41) is 10.9. The van der Waals surface area contributed by atoms with Crippen LogP contribution < -0.4 is 10.6 Å². The summed E-state index contributed by atoms with van der Waals surface area (Å²) in [6, 6.07) is 7.86. The highest BCUT2D eigenvalue weighted by Crippen LogP contribution is 2.31. The van der Waals surface area contributed by atoms with E-state index in [0.717, 1.165) is 16.6 Å². The fourth-order valence-corrected chi connectivity index (χ4v) is 2.23. The number of aromatic nitrogens is 1. The van der Waals surface area contributed by atoms with Crippen molar-refractivity contribution in [3.63, 3.8) is 0 Å². The summed E-state index contributed by atoms with van der Waals surface area (Å²) in [6.45, 7) is 4.07. The Hall–Kier alpha value is -1.81. The van der Waals surface area contributed by atoms with Gasteiger partial charge in [-0.25, -0.2) is 0 Å². The lowest BCUT2D eigenvalue weighted by Crippen LogP contribution is -2.36. The van der Waals surface area contributed by atoms with E-state index in [1.807, 2.05) is 36.2 Å². The summed E-state index contributed by atoms with van der Waals surface area (Å²) in [6.07, 6.45) is 1.67. The van der Waals surface area contributed by atoms with Crippen LogP contribution in [0.2, 0.25) is 0 Å². The second-order valence-corrected chi connectivity index (χ2v) is 5.25. The van der Waals surface area contributed by atoms with Gasteiger partial charge in [0.05, 0.1) is 28.7 Å². The lowest BCUT2D eigenvalue weighted by atomic mass is 10.1. The highest BCUT2D eigenvalue weighted by Gasteiger charge is 2.19. The Bertz CT molecular complexity index is 560. The van der Waals surface area contributed by atoms with Gasteiger partial charge in [-0.05, 0) is 19.9 Å². The normalized spacial score (nSPS) is 11.8. The SMILES string of the molecule is CN(CC(C)(C)O)c1c(N)cnc2ccccc12. The third-order valence-electron chi connectivity index (χ3n) is 2.78. The van der Waals surface area contributed by atoms with Crippen molar-refractivity contribution in [1.82, 2.24) is 4.98 Å². The molecule has 4 heteroatoms. The molecule has 0 saturated carbocycles. The topological polar surface area (TPSA) is 62.4 Å². The second kappa shape index (κ2) is 4.46. The Morgan fingerprint density at radius 2 is 2.00 bits per heavy atom. The number of benzene rings is 1. The zero-order valence-corrected chi connectivity index (χ0v) is 11.0. The quantitative estimate of drug-likeness (QED) is 0.868. The Labute approximate surface area is 107 Å². The minimum atomic E-state index is -0.772. The lowest BCUT2D eigenvalue weighted by Gasteiger charge is -2.29. The monoisotopic (exact) mass is 245 g/mol. The summed E-state index contributed by atoms with van der Waals surface area (Å²) in [7, 11) is 1.93. The van der Waals surface area contributed by atoms with Gasteiger partial charge in [0.15, 0.2) is 0 Å². The van der Waals surface area contributed by atoms with Crippen LogP contribution in [0, 0.1) is 0 Å². The molecule has 0 saturated heterocycles. The molecular formula is C14H19N3O. The van der Waals surface area contributed by atoms with E-state index in [1.165, 1.54) is 0 Å². The maximum absolute atomic E-state index is 9.91. The number of anilines is 2. The van der Waals surface area contributed by atoms with Crippen LogP contribution >= 0.6 is 0 Å². The van der Waals surface area contributed by atoms with E-state index in [0.29, 0.717) is 12.2 Å². The van der Waals surface area contributed by atoms with Crippen molar-refractivity contribution in [1.29, 1.82) is 0 Å². The summed E-state index contributed by atoms with van der Waals surface area (Å²) in [4.78, 5) is 6.28. The molecule has 1 heterocycles. The predicted octanol–water partition coefficient (Wildman–Crippen LogP) is 2.02. The number of nitrogens with zero attached hydrogens (tertiary/aromatic N) is 2. The zero-order chi connectivity index (χ0) is 13.3. The van der Waals surface area contributed by atoms with Crippen molar-refractivity contribution >= 4 is 22.3 Å². The zero-order valence-electron chi connectivity index (χ0n) is 11.0. The first-order valence-electron chi connectivity index (χ1n) is 5.95. The van der Waals surface area contributed by atoms with Gasteiger partial charge in [0.2, 0.25) is 0 Å². The summed E-state index contributed by atoms with van der Waals surface area (Å²) >= 11 is 0. The molecule has 0 spiro atoms. The molecule has 0 amide bonds. The van der Waals surface area contributed by atoms with Crippen LogP contribution in [-0.2, 0) is 0 Å². The molecule has 0 atom stereocenters. The van der Waals surface area contributed by atoms with Crippen molar-refractivity contribution in [2.45, 2.75) is 19.4 Å². The maximum atomic E-state index is 9.91. The molecule has 0 aliphatic rings. The maximum Gasteiger partial charge on any atom is 0.0765 e. The van der Waals surface area contributed by atoms with E-state index in [9.17, 15) is 5.11 Å². The first-order valence-corrected chi connectivity index (χ1v) is 5.95. The van der Waals surface area contributed by atoms with Crippen LogP contribution in [0.4, 0.5) is 11.4 Å². The molecule has 0 fully saturated rings. The van der Waals surface area contributed by atoms with Gasteiger partial charge in [-0.2, -0.15) is 0 Å². The summed E-state index contributed by atoms with van der Waals surface area (Å²) in [5.41, 5.74) is 7.70. The molecule has 4 nitrogen and oxygen atoms in total. The van der Waals surface area contributed by atoms with Crippen molar-refractivity contribution in [3.8, 4) is 0 Å². The molecule has 0 unspecified atom stereocenters. The highest BCUT2D eigenvalue weighted by molar-refractivity contribution is 5.97. The molecule has 0 bridgehead atoms. The van der Waals surface area contributed by atoms with Crippen LogP contribution in [-0.4, -0.2) is 29.3 Å². The van der Waals surface area contributed by atoms with E-state index in [4.69, 9.17) is 5.73 Å². The Balaban J connectivity index is 2.52. The second-order valence-electron chi connectivity index (χ2n) is 5.25. The number of aliphatic hydroxyl groups is 1. The number of hydrogen-bond donors (Lipinski definition) is 2. The molecule has 1 aromatic heterocycles.